The molecule has 0 bridgehead atoms. The standard InChI is InChI=1S/C16H23F2N3O2/c1-4-21(11-16(23)20(2)3)10-15(22)19-9-8-12-13(17)6-5-7-14(12)18/h5-7H,4,8-11H2,1-3H3,(H,19,22). The number of hydrogen-bond acceptors (Lipinski definition) is 3. The van der Waals surface area contributed by atoms with Crippen molar-refractivity contribution in [3.63, 3.8) is 0 Å². The fourth-order valence-electron chi connectivity index (χ4n) is 1.97. The van der Waals surface area contributed by atoms with Gasteiger partial charge in [0.25, 0.3) is 0 Å². The smallest absolute Gasteiger partial charge is 0.236 e. The summed E-state index contributed by atoms with van der Waals surface area (Å²) in [4.78, 5) is 26.7. The summed E-state index contributed by atoms with van der Waals surface area (Å²) in [7, 11) is 3.30. The van der Waals surface area contributed by atoms with Crippen LogP contribution in [0.2, 0.25) is 0 Å². The number of nitrogens with one attached hydrogen (secondary N) is 1. The number of rotatable bonds is 8. The van der Waals surface area contributed by atoms with Crippen molar-refractivity contribution >= 4 is 11.8 Å². The molecular weight excluding hydrogens is 304 g/mol. The lowest BCUT2D eigenvalue weighted by atomic mass is 10.1. The molecule has 7 heteroatoms. The molecule has 0 radical (unpaired) electrons. The summed E-state index contributed by atoms with van der Waals surface area (Å²) in [5.74, 6) is -1.61. The lowest BCUT2D eigenvalue weighted by molar-refractivity contribution is -0.130. The summed E-state index contributed by atoms with van der Waals surface area (Å²) in [6, 6.07) is 3.67. The average Bonchev–Trinajstić information content (AvgIpc) is 2.49. The van der Waals surface area contributed by atoms with Gasteiger partial charge in [0.1, 0.15) is 11.6 Å². The highest BCUT2D eigenvalue weighted by molar-refractivity contribution is 5.80. The Morgan fingerprint density at radius 3 is 2.26 bits per heavy atom. The minimum absolute atomic E-state index is 0.0390. The van der Waals surface area contributed by atoms with E-state index in [-0.39, 0.29) is 43.4 Å². The molecule has 0 saturated heterocycles. The van der Waals surface area contributed by atoms with Crippen LogP contribution in [0.4, 0.5) is 8.78 Å². The van der Waals surface area contributed by atoms with Crippen molar-refractivity contribution in [3.8, 4) is 0 Å². The molecule has 0 aliphatic heterocycles. The first-order chi connectivity index (χ1) is 10.8. The van der Waals surface area contributed by atoms with Gasteiger partial charge in [0.2, 0.25) is 11.8 Å². The van der Waals surface area contributed by atoms with E-state index in [9.17, 15) is 18.4 Å². The van der Waals surface area contributed by atoms with Crippen LogP contribution in [-0.4, -0.2) is 61.9 Å². The van der Waals surface area contributed by atoms with Crippen LogP contribution >= 0.6 is 0 Å². The van der Waals surface area contributed by atoms with E-state index < -0.39 is 11.6 Å². The van der Waals surface area contributed by atoms with E-state index >= 15 is 0 Å². The van der Waals surface area contributed by atoms with E-state index in [0.29, 0.717) is 6.54 Å². The molecule has 1 aromatic rings. The molecule has 0 saturated carbocycles. The van der Waals surface area contributed by atoms with Crippen molar-refractivity contribution in [2.45, 2.75) is 13.3 Å². The molecule has 23 heavy (non-hydrogen) atoms. The van der Waals surface area contributed by atoms with Crippen LogP contribution in [0.25, 0.3) is 0 Å². The molecule has 0 aliphatic carbocycles. The monoisotopic (exact) mass is 327 g/mol. The number of carbonyl (C=O) groups is 2. The van der Waals surface area contributed by atoms with Gasteiger partial charge >= 0.3 is 0 Å². The second-order valence-electron chi connectivity index (χ2n) is 5.39. The predicted molar refractivity (Wildman–Crippen MR) is 83.9 cm³/mol. The minimum Gasteiger partial charge on any atom is -0.355 e. The molecule has 2 amide bonds. The summed E-state index contributed by atoms with van der Waals surface area (Å²) in [6.45, 7) is 2.75. The Hall–Kier alpha value is -2.02. The van der Waals surface area contributed by atoms with Crippen LogP contribution in [-0.2, 0) is 16.0 Å². The van der Waals surface area contributed by atoms with Crippen molar-refractivity contribution in [3.05, 3.63) is 35.4 Å². The molecule has 0 unspecified atom stereocenters. The molecule has 0 spiro atoms. The van der Waals surface area contributed by atoms with Crippen molar-refractivity contribution in [1.82, 2.24) is 15.1 Å². The summed E-state index contributed by atoms with van der Waals surface area (Å²) in [5, 5.41) is 2.61. The van der Waals surface area contributed by atoms with Gasteiger partial charge in [0.15, 0.2) is 0 Å². The molecule has 1 N–H and O–H groups in total. The zero-order valence-electron chi connectivity index (χ0n) is 13.7. The lowest BCUT2D eigenvalue weighted by Gasteiger charge is -2.21. The first-order valence-electron chi connectivity index (χ1n) is 7.47. The van der Waals surface area contributed by atoms with Gasteiger partial charge in [-0.15, -0.1) is 0 Å². The van der Waals surface area contributed by atoms with Gasteiger partial charge in [-0.3, -0.25) is 14.5 Å². The fourth-order valence-corrected chi connectivity index (χ4v) is 1.97. The van der Waals surface area contributed by atoms with E-state index in [0.717, 1.165) is 0 Å². The van der Waals surface area contributed by atoms with Gasteiger partial charge in [0, 0.05) is 26.2 Å². The molecule has 0 fully saturated rings. The van der Waals surface area contributed by atoms with E-state index in [1.54, 1.807) is 19.0 Å². The molecule has 0 aliphatic rings. The van der Waals surface area contributed by atoms with Crippen LogP contribution in [0.1, 0.15) is 12.5 Å². The Balaban J connectivity index is 2.43. The third kappa shape index (κ3) is 6.32. The second-order valence-corrected chi connectivity index (χ2v) is 5.39. The molecule has 0 aromatic heterocycles. The highest BCUT2D eigenvalue weighted by atomic mass is 19.1. The Morgan fingerprint density at radius 2 is 1.74 bits per heavy atom. The van der Waals surface area contributed by atoms with Crippen LogP contribution in [0.15, 0.2) is 18.2 Å². The van der Waals surface area contributed by atoms with Crippen LogP contribution in [0.3, 0.4) is 0 Å². The number of carbonyl (C=O) groups excluding carboxylic acids is 2. The zero-order chi connectivity index (χ0) is 17.4. The van der Waals surface area contributed by atoms with Crippen LogP contribution < -0.4 is 5.32 Å². The van der Waals surface area contributed by atoms with E-state index in [1.165, 1.54) is 23.1 Å². The summed E-state index contributed by atoms with van der Waals surface area (Å²) in [5.41, 5.74) is -0.0390. The third-order valence-corrected chi connectivity index (χ3v) is 3.43. The second kappa shape index (κ2) is 9.19. The van der Waals surface area contributed by atoms with Gasteiger partial charge < -0.3 is 10.2 Å². The number of halogens is 2. The first kappa shape index (κ1) is 19.0. The fraction of sp³-hybridized carbons (Fsp3) is 0.500. The summed E-state index contributed by atoms with van der Waals surface area (Å²) < 4.78 is 26.9. The maximum atomic E-state index is 13.5. The number of nitrogens with zero attached hydrogens (tertiary/aromatic N) is 2. The first-order valence-corrected chi connectivity index (χ1v) is 7.47. The highest BCUT2D eigenvalue weighted by Crippen LogP contribution is 2.11. The van der Waals surface area contributed by atoms with Gasteiger partial charge in [-0.25, -0.2) is 8.78 Å². The van der Waals surface area contributed by atoms with Crippen LogP contribution in [0.5, 0.6) is 0 Å². The molecular formula is C16H23F2N3O2. The number of benzene rings is 1. The Morgan fingerprint density at radius 1 is 1.13 bits per heavy atom. The van der Waals surface area contributed by atoms with E-state index in [1.807, 2.05) is 6.92 Å². The van der Waals surface area contributed by atoms with Gasteiger partial charge in [-0.05, 0) is 25.1 Å². The zero-order valence-corrected chi connectivity index (χ0v) is 13.7. The molecule has 5 nitrogen and oxygen atoms in total. The number of hydrogen-bond donors (Lipinski definition) is 1. The summed E-state index contributed by atoms with van der Waals surface area (Å²) in [6.07, 6.45) is 0.0764. The van der Waals surface area contributed by atoms with Crippen LogP contribution in [0, 0.1) is 11.6 Å². The average molecular weight is 327 g/mol. The van der Waals surface area contributed by atoms with Crippen molar-refractivity contribution in [2.75, 3.05) is 40.3 Å². The van der Waals surface area contributed by atoms with Crippen molar-refractivity contribution in [1.29, 1.82) is 0 Å². The summed E-state index contributed by atoms with van der Waals surface area (Å²) >= 11 is 0. The quantitative estimate of drug-likeness (QED) is 0.776. The Bertz CT molecular complexity index is 530. The topological polar surface area (TPSA) is 52.7 Å². The molecule has 1 aromatic carbocycles. The maximum absolute atomic E-state index is 13.5. The maximum Gasteiger partial charge on any atom is 0.236 e. The minimum atomic E-state index is -0.619. The Labute approximate surface area is 135 Å². The van der Waals surface area contributed by atoms with Gasteiger partial charge in [0.05, 0.1) is 13.1 Å². The van der Waals surface area contributed by atoms with Crippen molar-refractivity contribution < 1.29 is 18.4 Å². The third-order valence-electron chi connectivity index (χ3n) is 3.43. The highest BCUT2D eigenvalue weighted by Gasteiger charge is 2.14. The molecule has 1 rings (SSSR count). The normalized spacial score (nSPS) is 10.7. The van der Waals surface area contributed by atoms with E-state index in [2.05, 4.69) is 5.32 Å². The predicted octanol–water partition coefficient (Wildman–Crippen LogP) is 1.03. The Kier molecular flexibility index (Phi) is 7.61. The van der Waals surface area contributed by atoms with Crippen molar-refractivity contribution in [2.24, 2.45) is 0 Å². The largest absolute Gasteiger partial charge is 0.355 e. The number of amides is 2. The molecule has 0 atom stereocenters. The SMILES string of the molecule is CCN(CC(=O)NCCc1c(F)cccc1F)CC(=O)N(C)C. The molecule has 128 valence electrons. The van der Waals surface area contributed by atoms with Gasteiger partial charge in [-0.2, -0.15) is 0 Å². The van der Waals surface area contributed by atoms with Gasteiger partial charge in [-0.1, -0.05) is 13.0 Å². The number of likely N-dealkylation sites (N-methyl/N-ethyl adjacent to an activating group) is 2. The lowest BCUT2D eigenvalue weighted by Crippen LogP contribution is -2.42. The van der Waals surface area contributed by atoms with E-state index in [4.69, 9.17) is 0 Å². The molecule has 0 heterocycles.